The number of fused-ring (bicyclic) bond motifs is 1. The van der Waals surface area contributed by atoms with Crippen LogP contribution >= 0.6 is 0 Å². The van der Waals surface area contributed by atoms with E-state index in [2.05, 4.69) is 30.5 Å². The number of rotatable bonds is 4. The molecule has 1 aromatic carbocycles. The van der Waals surface area contributed by atoms with Gasteiger partial charge in [0.25, 0.3) is 5.88 Å². The number of H-pyrrole nitrogens is 1. The number of benzene rings is 1. The smallest absolute Gasteiger partial charge is 0.479 e. The summed E-state index contributed by atoms with van der Waals surface area (Å²) in [6, 6.07) is 6.02. The quantitative estimate of drug-likeness (QED) is 0.344. The predicted molar refractivity (Wildman–Crippen MR) is 116 cm³/mol. The van der Waals surface area contributed by atoms with E-state index in [1.165, 1.54) is 7.11 Å². The maximum atomic E-state index is 13.6. The van der Waals surface area contributed by atoms with Crippen LogP contribution in [-0.4, -0.2) is 55.1 Å². The highest BCUT2D eigenvalue weighted by atomic mass is 19.4. The molecule has 0 saturated heterocycles. The van der Waals surface area contributed by atoms with Gasteiger partial charge in [-0.25, -0.2) is 9.78 Å². The molecule has 4 aromatic rings. The van der Waals surface area contributed by atoms with E-state index in [1.54, 1.807) is 6.20 Å². The third-order valence-electron chi connectivity index (χ3n) is 4.22. The van der Waals surface area contributed by atoms with Crippen molar-refractivity contribution in [2.24, 2.45) is 0 Å². The molecule has 3 aromatic heterocycles. The van der Waals surface area contributed by atoms with Crippen LogP contribution in [-0.2, 0) is 4.79 Å². The molecule has 35 heavy (non-hydrogen) atoms. The lowest BCUT2D eigenvalue weighted by atomic mass is 10.1. The number of aromatic amines is 1. The summed E-state index contributed by atoms with van der Waals surface area (Å²) in [6.45, 7) is 6.02. The molecular weight excluding hydrogens is 476 g/mol. The van der Waals surface area contributed by atoms with Crippen molar-refractivity contribution in [3.8, 4) is 28.7 Å². The number of nitrogens with zero attached hydrogens (tertiary/aromatic N) is 4. The average molecular weight is 496 g/mol. The molecule has 0 amide bonds. The Morgan fingerprint density at radius 1 is 1.20 bits per heavy atom. The minimum atomic E-state index is -5.08. The van der Waals surface area contributed by atoms with Gasteiger partial charge in [0.05, 0.1) is 13.3 Å². The highest BCUT2D eigenvalue weighted by Gasteiger charge is 2.38. The standard InChI is InChI=1S/C19H19FN6O2.C2HF3O2/c1-19(2,3)24-18-26-25-16(28-18)10-5-6-14-11(7-10)12(8-21-14)15-22-9-13(20)17(23-15)27-4;3-2(4,5)1(6)7/h5-9,21H,1-4H3,(H,24,26);(H,6,7). The first-order valence-corrected chi connectivity index (χ1v) is 9.88. The number of alkyl halides is 3. The maximum Gasteiger partial charge on any atom is 0.490 e. The molecule has 0 aliphatic heterocycles. The molecule has 0 radical (unpaired) electrons. The molecular formula is C21H20F4N6O4. The Labute approximate surface area is 195 Å². The van der Waals surface area contributed by atoms with Crippen LogP contribution < -0.4 is 10.1 Å². The van der Waals surface area contributed by atoms with E-state index >= 15 is 0 Å². The summed E-state index contributed by atoms with van der Waals surface area (Å²) < 4.78 is 56.1. The third-order valence-corrected chi connectivity index (χ3v) is 4.22. The molecule has 186 valence electrons. The van der Waals surface area contributed by atoms with Gasteiger partial charge in [-0.3, -0.25) is 0 Å². The minimum absolute atomic E-state index is 0.106. The van der Waals surface area contributed by atoms with Gasteiger partial charge in [0, 0.05) is 33.8 Å². The van der Waals surface area contributed by atoms with E-state index in [-0.39, 0.29) is 11.4 Å². The Morgan fingerprint density at radius 2 is 1.89 bits per heavy atom. The summed E-state index contributed by atoms with van der Waals surface area (Å²) in [5.41, 5.74) is 2.14. The molecule has 3 N–H and O–H groups in total. The number of carbonyl (C=O) groups is 1. The minimum Gasteiger partial charge on any atom is -0.479 e. The lowest BCUT2D eigenvalue weighted by Crippen LogP contribution is -2.26. The van der Waals surface area contributed by atoms with Gasteiger partial charge in [-0.05, 0) is 39.0 Å². The summed E-state index contributed by atoms with van der Waals surface area (Å²) in [5, 5.41) is 19.3. The Morgan fingerprint density at radius 3 is 2.49 bits per heavy atom. The summed E-state index contributed by atoms with van der Waals surface area (Å²) >= 11 is 0. The second-order valence-corrected chi connectivity index (χ2v) is 8.10. The summed E-state index contributed by atoms with van der Waals surface area (Å²) in [4.78, 5) is 20.3. The third kappa shape index (κ3) is 6.22. The number of carboxylic acid groups (broad SMARTS) is 1. The first-order valence-electron chi connectivity index (χ1n) is 9.88. The fraction of sp³-hybridized carbons (Fsp3) is 0.286. The van der Waals surface area contributed by atoms with E-state index in [0.717, 1.165) is 22.7 Å². The van der Waals surface area contributed by atoms with E-state index in [0.29, 0.717) is 23.3 Å². The predicted octanol–water partition coefficient (Wildman–Crippen LogP) is 4.67. The van der Waals surface area contributed by atoms with Crippen LogP contribution in [0, 0.1) is 5.82 Å². The Bertz CT molecular complexity index is 1340. The highest BCUT2D eigenvalue weighted by molar-refractivity contribution is 5.96. The van der Waals surface area contributed by atoms with Gasteiger partial charge < -0.3 is 24.6 Å². The van der Waals surface area contributed by atoms with Gasteiger partial charge >= 0.3 is 18.2 Å². The summed E-state index contributed by atoms with van der Waals surface area (Å²) in [6.07, 6.45) is -2.23. The maximum absolute atomic E-state index is 13.6. The number of halogens is 4. The van der Waals surface area contributed by atoms with Gasteiger partial charge in [-0.2, -0.15) is 22.5 Å². The SMILES string of the molecule is COc1nc(-c2c[nH]c3ccc(-c4nnc(NC(C)(C)C)o4)cc23)ncc1F.O=C(O)C(F)(F)F. The number of aliphatic carboxylic acids is 1. The molecule has 0 atom stereocenters. The number of ether oxygens (including phenoxy) is 1. The number of nitrogens with one attached hydrogen (secondary N) is 2. The summed E-state index contributed by atoms with van der Waals surface area (Å²) in [5.74, 6) is -2.74. The van der Waals surface area contributed by atoms with Crippen molar-refractivity contribution in [3.63, 3.8) is 0 Å². The fourth-order valence-corrected chi connectivity index (χ4v) is 2.77. The van der Waals surface area contributed by atoms with Crippen LogP contribution in [0.15, 0.2) is 35.0 Å². The normalized spacial score (nSPS) is 11.7. The zero-order valence-corrected chi connectivity index (χ0v) is 18.9. The van der Waals surface area contributed by atoms with Crippen LogP contribution in [0.4, 0.5) is 23.6 Å². The van der Waals surface area contributed by atoms with Crippen LogP contribution in [0.2, 0.25) is 0 Å². The molecule has 0 fully saturated rings. The van der Waals surface area contributed by atoms with E-state index in [1.807, 2.05) is 39.0 Å². The van der Waals surface area contributed by atoms with Crippen molar-refractivity contribution in [2.45, 2.75) is 32.5 Å². The lowest BCUT2D eigenvalue weighted by molar-refractivity contribution is -0.192. The van der Waals surface area contributed by atoms with Crippen molar-refractivity contribution in [1.29, 1.82) is 0 Å². The largest absolute Gasteiger partial charge is 0.490 e. The number of anilines is 1. The zero-order chi connectivity index (χ0) is 26.0. The summed E-state index contributed by atoms with van der Waals surface area (Å²) in [7, 11) is 1.36. The highest BCUT2D eigenvalue weighted by Crippen LogP contribution is 2.31. The van der Waals surface area contributed by atoms with E-state index in [4.69, 9.17) is 19.1 Å². The van der Waals surface area contributed by atoms with Gasteiger partial charge in [0.1, 0.15) is 0 Å². The topological polar surface area (TPSA) is 139 Å². The van der Waals surface area contributed by atoms with Crippen molar-refractivity contribution in [2.75, 3.05) is 12.4 Å². The molecule has 10 nitrogen and oxygen atoms in total. The molecule has 0 unspecified atom stereocenters. The molecule has 0 aliphatic rings. The molecule has 0 bridgehead atoms. The monoisotopic (exact) mass is 496 g/mol. The van der Waals surface area contributed by atoms with Crippen LogP contribution in [0.25, 0.3) is 33.7 Å². The average Bonchev–Trinajstić information content (AvgIpc) is 3.39. The van der Waals surface area contributed by atoms with Crippen LogP contribution in [0.1, 0.15) is 20.8 Å². The van der Waals surface area contributed by atoms with Gasteiger partial charge in [-0.15, -0.1) is 5.10 Å². The molecule has 0 spiro atoms. The number of hydrogen-bond donors (Lipinski definition) is 3. The van der Waals surface area contributed by atoms with Crippen molar-refractivity contribution >= 4 is 22.9 Å². The number of methoxy groups -OCH3 is 1. The van der Waals surface area contributed by atoms with Gasteiger partial charge in [-0.1, -0.05) is 5.10 Å². The molecule has 14 heteroatoms. The molecule has 3 heterocycles. The van der Waals surface area contributed by atoms with Crippen molar-refractivity contribution in [1.82, 2.24) is 25.1 Å². The van der Waals surface area contributed by atoms with Crippen LogP contribution in [0.5, 0.6) is 5.88 Å². The fourth-order valence-electron chi connectivity index (χ4n) is 2.77. The Hall–Kier alpha value is -4.23. The second kappa shape index (κ2) is 9.56. The molecule has 4 rings (SSSR count). The van der Waals surface area contributed by atoms with E-state index in [9.17, 15) is 17.6 Å². The van der Waals surface area contributed by atoms with E-state index < -0.39 is 18.0 Å². The zero-order valence-electron chi connectivity index (χ0n) is 18.9. The molecule has 0 aliphatic carbocycles. The number of carboxylic acids is 1. The molecule has 0 saturated carbocycles. The number of aromatic nitrogens is 5. The Balaban J connectivity index is 0.000000429. The second-order valence-electron chi connectivity index (χ2n) is 8.10. The van der Waals surface area contributed by atoms with Crippen molar-refractivity contribution in [3.05, 3.63) is 36.4 Å². The first-order chi connectivity index (χ1) is 16.3. The first kappa shape index (κ1) is 25.4. The van der Waals surface area contributed by atoms with Gasteiger partial charge in [0.15, 0.2) is 5.82 Å². The lowest BCUT2D eigenvalue weighted by Gasteiger charge is -2.17. The number of hydrogen-bond acceptors (Lipinski definition) is 8. The van der Waals surface area contributed by atoms with Crippen LogP contribution in [0.3, 0.4) is 0 Å². The van der Waals surface area contributed by atoms with Crippen molar-refractivity contribution < 1.29 is 36.6 Å². The van der Waals surface area contributed by atoms with Gasteiger partial charge in [0.2, 0.25) is 11.7 Å². The Kier molecular flexibility index (Phi) is 6.94.